The van der Waals surface area contributed by atoms with Crippen LogP contribution in [0.15, 0.2) is 64.7 Å². The van der Waals surface area contributed by atoms with Gasteiger partial charge in [-0.15, -0.1) is 0 Å². The number of aryl methyl sites for hydroxylation is 1. The van der Waals surface area contributed by atoms with Crippen molar-refractivity contribution >= 4 is 17.8 Å². The summed E-state index contributed by atoms with van der Waals surface area (Å²) in [6.45, 7) is 2.71. The number of hydrogen-bond acceptors (Lipinski definition) is 7. The van der Waals surface area contributed by atoms with Crippen molar-refractivity contribution in [3.05, 3.63) is 71.5 Å². The maximum Gasteiger partial charge on any atom is 0.267 e. The molecule has 1 amide bonds. The number of aromatic nitrogens is 1. The molecule has 0 unspecified atom stereocenters. The second-order valence-corrected chi connectivity index (χ2v) is 6.75. The number of ether oxygens (including phenoxy) is 3. The number of methoxy groups -OCH3 is 1. The molecule has 0 fully saturated rings. The molecule has 0 spiro atoms. The van der Waals surface area contributed by atoms with Crippen molar-refractivity contribution in [3.8, 4) is 23.3 Å². The Morgan fingerprint density at radius 2 is 1.81 bits per heavy atom. The van der Waals surface area contributed by atoms with E-state index in [1.165, 1.54) is 6.08 Å². The van der Waals surface area contributed by atoms with Crippen molar-refractivity contribution in [1.29, 1.82) is 5.26 Å². The minimum atomic E-state index is -0.558. The molecule has 32 heavy (non-hydrogen) atoms. The summed E-state index contributed by atoms with van der Waals surface area (Å²) in [6.07, 6.45) is 2.20. The highest BCUT2D eigenvalue weighted by Crippen LogP contribution is 2.19. The van der Waals surface area contributed by atoms with E-state index in [-0.39, 0.29) is 11.4 Å². The Morgan fingerprint density at radius 1 is 1.09 bits per heavy atom. The number of nitrogens with one attached hydrogen (secondary N) is 1. The Morgan fingerprint density at radius 3 is 2.47 bits per heavy atom. The maximum atomic E-state index is 12.2. The fourth-order valence-corrected chi connectivity index (χ4v) is 2.71. The lowest BCUT2D eigenvalue weighted by Crippen LogP contribution is -2.13. The van der Waals surface area contributed by atoms with Gasteiger partial charge in [-0.1, -0.05) is 23.4 Å². The second kappa shape index (κ2) is 11.2. The highest BCUT2D eigenvalue weighted by Gasteiger charge is 2.11. The third-order valence-electron chi connectivity index (χ3n) is 4.29. The number of hydrogen-bond donors (Lipinski definition) is 1. The molecule has 3 aromatic rings. The molecule has 164 valence electrons. The summed E-state index contributed by atoms with van der Waals surface area (Å²) in [5.74, 6) is 2.44. The topological polar surface area (TPSA) is 107 Å². The van der Waals surface area contributed by atoms with Crippen LogP contribution in [0.2, 0.25) is 0 Å². The summed E-state index contributed by atoms with van der Waals surface area (Å²) >= 11 is 0. The Kier molecular flexibility index (Phi) is 7.87. The van der Waals surface area contributed by atoms with Gasteiger partial charge >= 0.3 is 0 Å². The fourth-order valence-electron chi connectivity index (χ4n) is 2.71. The first-order valence-corrected chi connectivity index (χ1v) is 9.93. The van der Waals surface area contributed by atoms with Crippen molar-refractivity contribution in [2.75, 3.05) is 25.6 Å². The molecule has 0 atom stereocenters. The van der Waals surface area contributed by atoms with Crippen LogP contribution in [0.4, 0.5) is 5.82 Å². The molecular weight excluding hydrogens is 410 g/mol. The van der Waals surface area contributed by atoms with Gasteiger partial charge in [0.05, 0.1) is 20.3 Å². The molecule has 0 aliphatic heterocycles. The van der Waals surface area contributed by atoms with Crippen molar-refractivity contribution < 1.29 is 23.5 Å². The van der Waals surface area contributed by atoms with Crippen molar-refractivity contribution in [3.63, 3.8) is 0 Å². The van der Waals surface area contributed by atoms with E-state index in [1.807, 2.05) is 30.3 Å². The summed E-state index contributed by atoms with van der Waals surface area (Å²) in [5, 5.41) is 15.5. The van der Waals surface area contributed by atoms with Crippen LogP contribution in [0.5, 0.6) is 17.2 Å². The van der Waals surface area contributed by atoms with Crippen LogP contribution in [0.3, 0.4) is 0 Å². The van der Waals surface area contributed by atoms with Crippen LogP contribution in [0.25, 0.3) is 6.08 Å². The lowest BCUT2D eigenvalue weighted by Gasteiger charge is -2.09. The molecule has 2 aromatic carbocycles. The van der Waals surface area contributed by atoms with Gasteiger partial charge in [0.2, 0.25) is 0 Å². The van der Waals surface area contributed by atoms with Gasteiger partial charge in [0.1, 0.15) is 34.7 Å². The molecule has 0 saturated heterocycles. The Labute approximate surface area is 186 Å². The van der Waals surface area contributed by atoms with Gasteiger partial charge in [-0.25, -0.2) is 0 Å². The summed E-state index contributed by atoms with van der Waals surface area (Å²) in [5.41, 5.74) is 0.649. The van der Waals surface area contributed by atoms with Crippen LogP contribution >= 0.6 is 0 Å². The van der Waals surface area contributed by atoms with Crippen molar-refractivity contribution in [1.82, 2.24) is 5.16 Å². The molecule has 3 rings (SSSR count). The quantitative estimate of drug-likeness (QED) is 0.287. The molecule has 0 aliphatic carbocycles. The van der Waals surface area contributed by atoms with E-state index in [9.17, 15) is 10.1 Å². The van der Waals surface area contributed by atoms with E-state index >= 15 is 0 Å². The largest absolute Gasteiger partial charge is 0.497 e. The summed E-state index contributed by atoms with van der Waals surface area (Å²) in [6, 6.07) is 18.0. The lowest BCUT2D eigenvalue weighted by atomic mass is 10.1. The zero-order chi connectivity index (χ0) is 22.8. The number of benzene rings is 2. The van der Waals surface area contributed by atoms with Crippen LogP contribution < -0.4 is 19.5 Å². The SMILES string of the molecule is COc1cccc(OCCCOc2ccc(C=C(C#N)C(=O)Nc3cc(C)on3)cc2)c1. The standard InChI is InChI=1S/C24H23N3O5/c1-17-13-23(27-32-17)26-24(28)19(16-25)14-18-7-9-20(10-8-18)30-11-4-12-31-22-6-3-5-21(15-22)29-2/h3,5-10,13-15H,4,11-12H2,1-2H3,(H,26,27,28). The fraction of sp³-hybridized carbons (Fsp3) is 0.208. The molecule has 0 radical (unpaired) electrons. The van der Waals surface area contributed by atoms with E-state index in [0.717, 1.165) is 11.5 Å². The van der Waals surface area contributed by atoms with E-state index in [2.05, 4.69) is 10.5 Å². The normalized spacial score (nSPS) is 10.8. The molecule has 8 nitrogen and oxygen atoms in total. The van der Waals surface area contributed by atoms with Gasteiger partial charge in [-0.3, -0.25) is 4.79 Å². The number of carbonyl (C=O) groups excluding carboxylic acids is 1. The highest BCUT2D eigenvalue weighted by molar-refractivity contribution is 6.09. The predicted octanol–water partition coefficient (Wildman–Crippen LogP) is 4.39. The molecule has 0 saturated carbocycles. The van der Waals surface area contributed by atoms with Crippen LogP contribution in [0.1, 0.15) is 17.7 Å². The summed E-state index contributed by atoms with van der Waals surface area (Å²) in [7, 11) is 1.61. The highest BCUT2D eigenvalue weighted by atomic mass is 16.5. The number of carbonyl (C=O) groups is 1. The average Bonchev–Trinajstić information content (AvgIpc) is 3.22. The first-order valence-electron chi connectivity index (χ1n) is 9.93. The first kappa shape index (κ1) is 22.4. The summed E-state index contributed by atoms with van der Waals surface area (Å²) in [4.78, 5) is 12.2. The summed E-state index contributed by atoms with van der Waals surface area (Å²) < 4.78 is 21.5. The molecule has 8 heteroatoms. The second-order valence-electron chi connectivity index (χ2n) is 6.75. The monoisotopic (exact) mass is 433 g/mol. The van der Waals surface area contributed by atoms with E-state index in [0.29, 0.717) is 36.7 Å². The first-order chi connectivity index (χ1) is 15.6. The molecular formula is C24H23N3O5. The molecule has 0 bridgehead atoms. The average molecular weight is 433 g/mol. The van der Waals surface area contributed by atoms with E-state index in [4.69, 9.17) is 18.7 Å². The maximum absolute atomic E-state index is 12.2. The van der Waals surface area contributed by atoms with Crippen molar-refractivity contribution in [2.24, 2.45) is 0 Å². The number of rotatable bonds is 10. The number of nitriles is 1. The van der Waals surface area contributed by atoms with Crippen LogP contribution in [0, 0.1) is 18.3 Å². The van der Waals surface area contributed by atoms with Crippen molar-refractivity contribution in [2.45, 2.75) is 13.3 Å². The Bertz CT molecular complexity index is 1110. The number of anilines is 1. The third-order valence-corrected chi connectivity index (χ3v) is 4.29. The minimum Gasteiger partial charge on any atom is -0.497 e. The zero-order valence-corrected chi connectivity index (χ0v) is 17.8. The van der Waals surface area contributed by atoms with Crippen LogP contribution in [-0.4, -0.2) is 31.4 Å². The van der Waals surface area contributed by atoms with Gasteiger partial charge in [-0.2, -0.15) is 5.26 Å². The zero-order valence-electron chi connectivity index (χ0n) is 17.8. The van der Waals surface area contributed by atoms with Gasteiger partial charge in [0.25, 0.3) is 5.91 Å². The minimum absolute atomic E-state index is 0.0472. The predicted molar refractivity (Wildman–Crippen MR) is 119 cm³/mol. The van der Waals surface area contributed by atoms with Crippen LogP contribution in [-0.2, 0) is 4.79 Å². The van der Waals surface area contributed by atoms with E-state index < -0.39 is 5.91 Å². The van der Waals surface area contributed by atoms with E-state index in [1.54, 1.807) is 44.4 Å². The molecule has 1 heterocycles. The molecule has 1 N–H and O–H groups in total. The lowest BCUT2D eigenvalue weighted by molar-refractivity contribution is -0.112. The third kappa shape index (κ3) is 6.64. The van der Waals surface area contributed by atoms with Gasteiger partial charge in [0.15, 0.2) is 5.82 Å². The number of nitrogens with zero attached hydrogens (tertiary/aromatic N) is 2. The van der Waals surface area contributed by atoms with Gasteiger partial charge in [-0.05, 0) is 42.8 Å². The Balaban J connectivity index is 1.46. The molecule has 0 aliphatic rings. The smallest absolute Gasteiger partial charge is 0.267 e. The molecule has 1 aromatic heterocycles. The van der Waals surface area contributed by atoms with Gasteiger partial charge in [0, 0.05) is 18.6 Å². The van der Waals surface area contributed by atoms with Gasteiger partial charge < -0.3 is 24.1 Å². The number of amides is 1. The Hall–Kier alpha value is -4.25.